The Bertz CT molecular complexity index is 876. The Morgan fingerprint density at radius 3 is 2.54 bits per heavy atom. The average Bonchev–Trinajstić information content (AvgIpc) is 2.62. The van der Waals surface area contributed by atoms with Crippen LogP contribution >= 0.6 is 0 Å². The van der Waals surface area contributed by atoms with E-state index in [4.69, 9.17) is 0 Å². The number of nitrogens with one attached hydrogen (secondary N) is 1. The van der Waals surface area contributed by atoms with E-state index in [9.17, 15) is 13.2 Å². The van der Waals surface area contributed by atoms with Crippen LogP contribution in [0.25, 0.3) is 0 Å². The van der Waals surface area contributed by atoms with E-state index in [1.165, 1.54) is 0 Å². The molecule has 0 atom stereocenters. The molecule has 138 valence electrons. The van der Waals surface area contributed by atoms with E-state index < -0.39 is 10.0 Å². The molecule has 1 saturated heterocycles. The van der Waals surface area contributed by atoms with Gasteiger partial charge in [-0.15, -0.1) is 0 Å². The van der Waals surface area contributed by atoms with E-state index in [1.807, 2.05) is 25.1 Å². The van der Waals surface area contributed by atoms with Crippen LogP contribution in [0.3, 0.4) is 0 Å². The Morgan fingerprint density at radius 2 is 1.85 bits per heavy atom. The molecule has 2 aromatic carbocycles. The summed E-state index contributed by atoms with van der Waals surface area (Å²) in [5.41, 5.74) is 3.02. The van der Waals surface area contributed by atoms with Gasteiger partial charge in [-0.3, -0.25) is 4.79 Å². The monoisotopic (exact) mass is 372 g/mol. The van der Waals surface area contributed by atoms with Crippen molar-refractivity contribution >= 4 is 21.6 Å². The third-order valence-electron chi connectivity index (χ3n) is 4.57. The molecular weight excluding hydrogens is 348 g/mol. The molecule has 2 aromatic rings. The summed E-state index contributed by atoms with van der Waals surface area (Å²) in [6.07, 6.45) is 3.10. The van der Waals surface area contributed by atoms with Crippen molar-refractivity contribution in [3.05, 3.63) is 59.7 Å². The zero-order valence-electron chi connectivity index (χ0n) is 14.9. The highest BCUT2D eigenvalue weighted by Crippen LogP contribution is 2.22. The SMILES string of the molecule is Cc1cccc(CCNS(=O)(=O)c2ccc(N3CCCCC3=O)cc2)c1. The van der Waals surface area contributed by atoms with Gasteiger partial charge in [-0.1, -0.05) is 29.8 Å². The van der Waals surface area contributed by atoms with Gasteiger partial charge in [-0.05, 0) is 56.0 Å². The maximum Gasteiger partial charge on any atom is 0.240 e. The highest BCUT2D eigenvalue weighted by atomic mass is 32.2. The second kappa shape index (κ2) is 8.01. The minimum Gasteiger partial charge on any atom is -0.312 e. The smallest absolute Gasteiger partial charge is 0.240 e. The average molecular weight is 372 g/mol. The van der Waals surface area contributed by atoms with Gasteiger partial charge in [-0.25, -0.2) is 13.1 Å². The Balaban J connectivity index is 1.62. The number of carbonyl (C=O) groups excluding carboxylic acids is 1. The molecular formula is C20H24N2O3S. The maximum absolute atomic E-state index is 12.4. The Kier molecular flexibility index (Phi) is 5.74. The lowest BCUT2D eigenvalue weighted by molar-refractivity contribution is -0.119. The van der Waals surface area contributed by atoms with Crippen LogP contribution in [0, 0.1) is 6.92 Å². The van der Waals surface area contributed by atoms with Crippen LogP contribution in [-0.4, -0.2) is 27.4 Å². The molecule has 6 heteroatoms. The van der Waals surface area contributed by atoms with Crippen LogP contribution in [0.15, 0.2) is 53.4 Å². The molecule has 0 aromatic heterocycles. The van der Waals surface area contributed by atoms with Crippen LogP contribution in [0.2, 0.25) is 0 Å². The number of hydrogen-bond acceptors (Lipinski definition) is 3. The molecule has 0 saturated carbocycles. The van der Waals surface area contributed by atoms with Crippen LogP contribution in [0.5, 0.6) is 0 Å². The minimum absolute atomic E-state index is 0.100. The number of amides is 1. The number of sulfonamides is 1. The lowest BCUT2D eigenvalue weighted by Gasteiger charge is -2.26. The van der Waals surface area contributed by atoms with Gasteiger partial charge in [0.1, 0.15) is 0 Å². The summed E-state index contributed by atoms with van der Waals surface area (Å²) in [4.78, 5) is 13.9. The van der Waals surface area contributed by atoms with Gasteiger partial charge in [0.25, 0.3) is 0 Å². The largest absolute Gasteiger partial charge is 0.312 e. The van der Waals surface area contributed by atoms with E-state index in [0.29, 0.717) is 25.9 Å². The van der Waals surface area contributed by atoms with E-state index >= 15 is 0 Å². The zero-order chi connectivity index (χ0) is 18.6. The van der Waals surface area contributed by atoms with Crippen molar-refractivity contribution in [2.24, 2.45) is 0 Å². The van der Waals surface area contributed by atoms with Gasteiger partial charge in [0, 0.05) is 25.2 Å². The molecule has 1 heterocycles. The molecule has 0 radical (unpaired) electrons. The molecule has 1 aliphatic rings. The van der Waals surface area contributed by atoms with Crippen molar-refractivity contribution in [2.75, 3.05) is 18.0 Å². The van der Waals surface area contributed by atoms with E-state index in [2.05, 4.69) is 10.8 Å². The lowest BCUT2D eigenvalue weighted by atomic mass is 10.1. The fourth-order valence-electron chi connectivity index (χ4n) is 3.16. The lowest BCUT2D eigenvalue weighted by Crippen LogP contribution is -2.35. The van der Waals surface area contributed by atoms with Crippen molar-refractivity contribution in [1.82, 2.24) is 4.72 Å². The predicted molar refractivity (Wildman–Crippen MR) is 103 cm³/mol. The molecule has 1 fully saturated rings. The standard InChI is InChI=1S/C20H24N2O3S/c1-16-5-4-6-17(15-16)12-13-21-26(24,25)19-10-8-18(9-11-19)22-14-3-2-7-20(22)23/h4-6,8-11,15,21H,2-3,7,12-14H2,1H3. The molecule has 5 nitrogen and oxygen atoms in total. The first-order valence-corrected chi connectivity index (χ1v) is 10.4. The predicted octanol–water partition coefficient (Wildman–Crippen LogP) is 3.03. The number of nitrogens with zero attached hydrogens (tertiary/aromatic N) is 1. The molecule has 26 heavy (non-hydrogen) atoms. The summed E-state index contributed by atoms with van der Waals surface area (Å²) in [6, 6.07) is 14.6. The molecule has 0 spiro atoms. The van der Waals surface area contributed by atoms with Crippen LogP contribution in [0.1, 0.15) is 30.4 Å². The number of anilines is 1. The first-order valence-electron chi connectivity index (χ1n) is 8.91. The first-order chi connectivity index (χ1) is 12.5. The van der Waals surface area contributed by atoms with Crippen molar-refractivity contribution in [3.8, 4) is 0 Å². The number of rotatable bonds is 6. The number of piperidine rings is 1. The molecule has 1 amide bonds. The fourth-order valence-corrected chi connectivity index (χ4v) is 4.20. The summed E-state index contributed by atoms with van der Waals surface area (Å²) >= 11 is 0. The van der Waals surface area contributed by atoms with Gasteiger partial charge in [0.05, 0.1) is 4.90 Å². The second-order valence-corrected chi connectivity index (χ2v) is 8.40. The number of aryl methyl sites for hydroxylation is 1. The quantitative estimate of drug-likeness (QED) is 0.848. The highest BCUT2D eigenvalue weighted by Gasteiger charge is 2.20. The van der Waals surface area contributed by atoms with Crippen molar-refractivity contribution in [2.45, 2.75) is 37.5 Å². The van der Waals surface area contributed by atoms with Gasteiger partial charge in [0.2, 0.25) is 15.9 Å². The van der Waals surface area contributed by atoms with Crippen LogP contribution < -0.4 is 9.62 Å². The van der Waals surface area contributed by atoms with Gasteiger partial charge in [-0.2, -0.15) is 0 Å². The number of hydrogen-bond donors (Lipinski definition) is 1. The van der Waals surface area contributed by atoms with Crippen LogP contribution in [0.4, 0.5) is 5.69 Å². The number of carbonyl (C=O) groups is 1. The normalized spacial score (nSPS) is 15.3. The molecule has 1 aliphatic heterocycles. The Morgan fingerprint density at radius 1 is 1.08 bits per heavy atom. The van der Waals surface area contributed by atoms with Gasteiger partial charge >= 0.3 is 0 Å². The maximum atomic E-state index is 12.4. The highest BCUT2D eigenvalue weighted by molar-refractivity contribution is 7.89. The summed E-state index contributed by atoms with van der Waals surface area (Å²) < 4.78 is 27.5. The number of benzene rings is 2. The zero-order valence-corrected chi connectivity index (χ0v) is 15.8. The second-order valence-electron chi connectivity index (χ2n) is 6.63. The third kappa shape index (κ3) is 4.51. The van der Waals surface area contributed by atoms with E-state index in [0.717, 1.165) is 29.7 Å². The summed E-state index contributed by atoms with van der Waals surface area (Å²) in [6.45, 7) is 3.06. The summed E-state index contributed by atoms with van der Waals surface area (Å²) in [7, 11) is -3.56. The summed E-state index contributed by atoms with van der Waals surface area (Å²) in [5.74, 6) is 0.100. The van der Waals surface area contributed by atoms with Gasteiger partial charge in [0.15, 0.2) is 0 Å². The topological polar surface area (TPSA) is 66.5 Å². The third-order valence-corrected chi connectivity index (χ3v) is 6.05. The van der Waals surface area contributed by atoms with Crippen molar-refractivity contribution in [3.63, 3.8) is 0 Å². The Labute approximate surface area is 155 Å². The molecule has 3 rings (SSSR count). The molecule has 0 aliphatic carbocycles. The van der Waals surface area contributed by atoms with Crippen molar-refractivity contribution < 1.29 is 13.2 Å². The summed E-state index contributed by atoms with van der Waals surface area (Å²) in [5, 5.41) is 0. The first kappa shape index (κ1) is 18.6. The minimum atomic E-state index is -3.56. The fraction of sp³-hybridized carbons (Fsp3) is 0.350. The molecule has 0 unspecified atom stereocenters. The van der Waals surface area contributed by atoms with E-state index in [-0.39, 0.29) is 10.8 Å². The molecule has 1 N–H and O–H groups in total. The van der Waals surface area contributed by atoms with Crippen LogP contribution in [-0.2, 0) is 21.2 Å². The van der Waals surface area contributed by atoms with Gasteiger partial charge < -0.3 is 4.90 Å². The Hall–Kier alpha value is -2.18. The van der Waals surface area contributed by atoms with Crippen molar-refractivity contribution in [1.29, 1.82) is 0 Å². The molecule has 0 bridgehead atoms. The van der Waals surface area contributed by atoms with E-state index in [1.54, 1.807) is 29.2 Å².